The quantitative estimate of drug-likeness (QED) is 0.327. The number of hydrogen-bond acceptors (Lipinski definition) is 4. The number of carbonyl (C=O) groups is 2. The van der Waals surface area contributed by atoms with Crippen LogP contribution in [0.15, 0.2) is 48.5 Å². The molecule has 9 heteroatoms. The number of carboxylic acid groups (broad SMARTS) is 1. The van der Waals surface area contributed by atoms with Crippen molar-refractivity contribution in [2.45, 2.75) is 70.4 Å². The fourth-order valence-electron chi connectivity index (χ4n) is 5.86. The Morgan fingerprint density at radius 1 is 1.11 bits per heavy atom. The monoisotopic (exact) mass is 579 g/mol. The summed E-state index contributed by atoms with van der Waals surface area (Å²) in [6, 6.07) is 14.0. The second kappa shape index (κ2) is 11.6. The number of amides is 1. The average Bonchev–Trinajstić information content (AvgIpc) is 3.65. The molecule has 6 nitrogen and oxygen atoms in total. The molecule has 2 fully saturated rings. The van der Waals surface area contributed by atoms with Crippen molar-refractivity contribution >= 4 is 44.9 Å². The molecule has 1 saturated heterocycles. The summed E-state index contributed by atoms with van der Waals surface area (Å²) in [6.07, 6.45) is 2.75. The van der Waals surface area contributed by atoms with Crippen molar-refractivity contribution < 1.29 is 23.1 Å². The Balaban J connectivity index is 1.80. The van der Waals surface area contributed by atoms with E-state index in [0.717, 1.165) is 24.0 Å². The Hall–Kier alpha value is -2.09. The average molecular weight is 581 g/mol. The second-order valence-corrected chi connectivity index (χ2v) is 14.2. The lowest BCUT2D eigenvalue weighted by Crippen LogP contribution is -2.56. The summed E-state index contributed by atoms with van der Waals surface area (Å²) >= 11 is 12.6. The highest BCUT2D eigenvalue weighted by Crippen LogP contribution is 2.52. The number of hydrogen-bond donors (Lipinski definition) is 1. The molecule has 0 unspecified atom stereocenters. The zero-order valence-corrected chi connectivity index (χ0v) is 24.1. The van der Waals surface area contributed by atoms with Gasteiger partial charge in [0, 0.05) is 22.0 Å². The minimum absolute atomic E-state index is 0.00337. The van der Waals surface area contributed by atoms with Crippen molar-refractivity contribution in [2.24, 2.45) is 11.3 Å². The number of benzene rings is 2. The van der Waals surface area contributed by atoms with E-state index in [0.29, 0.717) is 29.3 Å². The van der Waals surface area contributed by atoms with Gasteiger partial charge in [-0.3, -0.25) is 9.59 Å². The summed E-state index contributed by atoms with van der Waals surface area (Å²) in [5.74, 6) is -1.12. The van der Waals surface area contributed by atoms with Crippen LogP contribution in [0.2, 0.25) is 10.0 Å². The van der Waals surface area contributed by atoms with Crippen LogP contribution in [0.3, 0.4) is 0 Å². The van der Waals surface area contributed by atoms with E-state index in [-0.39, 0.29) is 41.7 Å². The zero-order chi connectivity index (χ0) is 27.7. The standard InChI is InChI=1S/C29H35Cl2NO5S/c1-3-24(13-14-38(36,37)18-19-7-8-19)32-27(20-9-11-22(30)12-10-20)25(21-5-4-6-23(31)15-21)16-29(2,28(32)35)17-26(33)34/h4-6,9-12,15,19,24-25,27H,3,7-8,13-14,16-18H2,1-2H3,(H,33,34)/t24-,25+,27+,29-/m0/s1. The van der Waals surface area contributed by atoms with E-state index in [1.54, 1.807) is 30.0 Å². The molecule has 1 N–H and O–H groups in total. The summed E-state index contributed by atoms with van der Waals surface area (Å²) in [5.41, 5.74) is 0.606. The van der Waals surface area contributed by atoms with Crippen LogP contribution < -0.4 is 0 Å². The van der Waals surface area contributed by atoms with Gasteiger partial charge in [-0.25, -0.2) is 8.42 Å². The van der Waals surface area contributed by atoms with Crippen molar-refractivity contribution in [1.29, 1.82) is 0 Å². The fourth-order valence-corrected chi connectivity index (χ4v) is 8.04. The number of carbonyl (C=O) groups excluding carboxylic acids is 1. The molecule has 4 rings (SSSR count). The SMILES string of the molecule is CC[C@@H](CCS(=O)(=O)CC1CC1)N1C(=O)[C@](C)(CC(=O)O)C[C@H](c2cccc(Cl)c2)[C@H]1c1ccc(Cl)cc1. The summed E-state index contributed by atoms with van der Waals surface area (Å²) in [6.45, 7) is 3.66. The maximum atomic E-state index is 14.3. The number of carboxylic acids is 1. The van der Waals surface area contributed by atoms with E-state index in [2.05, 4.69) is 0 Å². The highest BCUT2D eigenvalue weighted by atomic mass is 35.5. The van der Waals surface area contributed by atoms with Crippen molar-refractivity contribution in [1.82, 2.24) is 4.90 Å². The molecule has 0 aromatic heterocycles. The lowest BCUT2D eigenvalue weighted by atomic mass is 9.67. The Bertz CT molecular complexity index is 1280. The minimum Gasteiger partial charge on any atom is -0.481 e. The normalized spacial score (nSPS) is 24.8. The molecule has 0 radical (unpaired) electrons. The van der Waals surface area contributed by atoms with Gasteiger partial charge in [0.1, 0.15) is 0 Å². The number of rotatable bonds is 11. The highest BCUT2D eigenvalue weighted by Gasteiger charge is 2.52. The van der Waals surface area contributed by atoms with Crippen LogP contribution in [0.1, 0.15) is 75.5 Å². The van der Waals surface area contributed by atoms with E-state index in [1.165, 1.54) is 0 Å². The topological polar surface area (TPSA) is 91.8 Å². The van der Waals surface area contributed by atoms with Crippen molar-refractivity contribution in [3.63, 3.8) is 0 Å². The smallest absolute Gasteiger partial charge is 0.304 e. The lowest BCUT2D eigenvalue weighted by molar-refractivity contribution is -0.160. The van der Waals surface area contributed by atoms with E-state index >= 15 is 0 Å². The maximum absolute atomic E-state index is 14.3. The number of sulfone groups is 1. The molecular formula is C29H35Cl2NO5S. The van der Waals surface area contributed by atoms with E-state index in [9.17, 15) is 23.1 Å². The van der Waals surface area contributed by atoms with Gasteiger partial charge in [0.25, 0.3) is 0 Å². The molecule has 1 aliphatic carbocycles. The van der Waals surface area contributed by atoms with Crippen LogP contribution in [-0.2, 0) is 19.4 Å². The molecule has 1 heterocycles. The molecule has 1 amide bonds. The van der Waals surface area contributed by atoms with Crippen molar-refractivity contribution in [3.05, 3.63) is 69.7 Å². The predicted octanol–water partition coefficient (Wildman–Crippen LogP) is 6.53. The van der Waals surface area contributed by atoms with Gasteiger partial charge in [-0.2, -0.15) is 0 Å². The van der Waals surface area contributed by atoms with Crippen LogP contribution >= 0.6 is 23.2 Å². The van der Waals surface area contributed by atoms with Gasteiger partial charge in [-0.1, -0.05) is 61.3 Å². The van der Waals surface area contributed by atoms with Gasteiger partial charge in [0.2, 0.25) is 5.91 Å². The molecule has 38 heavy (non-hydrogen) atoms. The largest absolute Gasteiger partial charge is 0.481 e. The second-order valence-electron chi connectivity index (χ2n) is 11.1. The van der Waals surface area contributed by atoms with Gasteiger partial charge in [-0.05, 0) is 73.4 Å². The van der Waals surface area contributed by atoms with Gasteiger partial charge < -0.3 is 10.0 Å². The number of piperidine rings is 1. The van der Waals surface area contributed by atoms with E-state index in [1.807, 2.05) is 37.3 Å². The molecule has 1 aliphatic heterocycles. The molecule has 2 aromatic rings. The maximum Gasteiger partial charge on any atom is 0.304 e. The van der Waals surface area contributed by atoms with Crippen molar-refractivity contribution in [3.8, 4) is 0 Å². The lowest BCUT2D eigenvalue weighted by Gasteiger charge is -2.52. The Labute approximate surface area is 235 Å². The van der Waals surface area contributed by atoms with Gasteiger partial charge in [0.15, 0.2) is 9.84 Å². The van der Waals surface area contributed by atoms with Crippen LogP contribution in [0.4, 0.5) is 0 Å². The summed E-state index contributed by atoms with van der Waals surface area (Å²) < 4.78 is 25.7. The van der Waals surface area contributed by atoms with Crippen LogP contribution in [0.25, 0.3) is 0 Å². The van der Waals surface area contributed by atoms with Crippen molar-refractivity contribution in [2.75, 3.05) is 11.5 Å². The van der Waals surface area contributed by atoms with E-state index in [4.69, 9.17) is 23.2 Å². The molecular weight excluding hydrogens is 545 g/mol. The first-order valence-electron chi connectivity index (χ1n) is 13.2. The number of likely N-dealkylation sites (tertiary alicyclic amines) is 1. The molecule has 4 atom stereocenters. The molecule has 0 spiro atoms. The summed E-state index contributed by atoms with van der Waals surface area (Å²) in [7, 11) is -3.25. The number of nitrogens with zero attached hydrogens (tertiary/aromatic N) is 1. The van der Waals surface area contributed by atoms with Gasteiger partial charge >= 0.3 is 5.97 Å². The van der Waals surface area contributed by atoms with E-state index < -0.39 is 27.3 Å². The van der Waals surface area contributed by atoms with Gasteiger partial charge in [0.05, 0.1) is 29.4 Å². The Kier molecular flexibility index (Phi) is 8.80. The number of halogens is 2. The highest BCUT2D eigenvalue weighted by molar-refractivity contribution is 7.91. The first-order valence-corrected chi connectivity index (χ1v) is 15.8. The fraction of sp³-hybridized carbons (Fsp3) is 0.517. The number of aliphatic carboxylic acids is 1. The zero-order valence-electron chi connectivity index (χ0n) is 21.8. The van der Waals surface area contributed by atoms with Crippen LogP contribution in [-0.4, -0.2) is 47.8 Å². The predicted molar refractivity (Wildman–Crippen MR) is 150 cm³/mol. The van der Waals surface area contributed by atoms with Gasteiger partial charge in [-0.15, -0.1) is 0 Å². The third kappa shape index (κ3) is 6.72. The third-order valence-electron chi connectivity index (χ3n) is 7.95. The minimum atomic E-state index is -3.25. The third-order valence-corrected chi connectivity index (χ3v) is 10.3. The molecule has 0 bridgehead atoms. The molecule has 2 aliphatic rings. The summed E-state index contributed by atoms with van der Waals surface area (Å²) in [4.78, 5) is 28.0. The molecule has 2 aromatic carbocycles. The molecule has 206 valence electrons. The van der Waals surface area contributed by atoms with Crippen LogP contribution in [0, 0.1) is 11.3 Å². The Morgan fingerprint density at radius 2 is 1.79 bits per heavy atom. The molecule has 1 saturated carbocycles. The first kappa shape index (κ1) is 28.9. The first-order chi connectivity index (χ1) is 17.9. The Morgan fingerprint density at radius 3 is 2.37 bits per heavy atom. The summed E-state index contributed by atoms with van der Waals surface area (Å²) in [5, 5.41) is 10.9. The van der Waals surface area contributed by atoms with Crippen LogP contribution in [0.5, 0.6) is 0 Å².